The van der Waals surface area contributed by atoms with E-state index in [4.69, 9.17) is 0 Å². The van der Waals surface area contributed by atoms with Gasteiger partial charge in [-0.2, -0.15) is 9.36 Å². The number of benzene rings is 2. The van der Waals surface area contributed by atoms with E-state index in [1.54, 1.807) is 12.1 Å². The molecular weight excluding hydrogens is 285 g/mol. The van der Waals surface area contributed by atoms with Crippen LogP contribution in [-0.2, 0) is 0 Å². The van der Waals surface area contributed by atoms with Gasteiger partial charge in [-0.15, -0.1) is 0 Å². The van der Waals surface area contributed by atoms with Crippen LogP contribution in [0, 0.1) is 5.82 Å². The van der Waals surface area contributed by atoms with Gasteiger partial charge in [0.1, 0.15) is 5.82 Å². The summed E-state index contributed by atoms with van der Waals surface area (Å²) >= 11 is 1.32. The summed E-state index contributed by atoms with van der Waals surface area (Å²) in [4.78, 5) is 4.52. The Labute approximate surface area is 127 Å². The first-order valence-corrected chi connectivity index (χ1v) is 7.51. The molecule has 0 fully saturated rings. The van der Waals surface area contributed by atoms with Crippen LogP contribution in [0.3, 0.4) is 0 Å². The summed E-state index contributed by atoms with van der Waals surface area (Å²) in [6.07, 6.45) is 0. The minimum Gasteiger partial charge on any atom is -0.356 e. The molecule has 0 spiro atoms. The number of fused-ring (bicyclic) bond motifs is 1. The number of nitrogens with one attached hydrogen (secondary N) is 1. The van der Waals surface area contributed by atoms with Crippen LogP contribution in [0.1, 0.15) is 20.8 Å². The molecule has 3 rings (SSSR count). The summed E-state index contributed by atoms with van der Waals surface area (Å²) in [5, 5.41) is 5.49. The molecule has 5 heteroatoms. The maximum atomic E-state index is 13.9. The first-order valence-electron chi connectivity index (χ1n) is 6.73. The molecule has 2 aromatic carbocycles. The van der Waals surface area contributed by atoms with Gasteiger partial charge in [0.25, 0.3) is 0 Å². The van der Waals surface area contributed by atoms with Crippen LogP contribution in [0.15, 0.2) is 36.4 Å². The fraction of sp³-hybridized carbons (Fsp3) is 0.250. The van der Waals surface area contributed by atoms with E-state index < -0.39 is 0 Å². The molecule has 0 radical (unpaired) electrons. The SMILES string of the molecule is CC(C)(C)Nc1nc(-c2ccc(F)c3ccccc23)ns1. The van der Waals surface area contributed by atoms with E-state index in [0.717, 1.165) is 16.1 Å². The van der Waals surface area contributed by atoms with E-state index in [2.05, 4.69) is 35.4 Å². The van der Waals surface area contributed by atoms with Gasteiger partial charge >= 0.3 is 0 Å². The first-order chi connectivity index (χ1) is 9.94. The predicted molar refractivity (Wildman–Crippen MR) is 86.2 cm³/mol. The standard InChI is InChI=1S/C16H16FN3S/c1-16(2,3)19-15-18-14(20-21-15)12-8-9-13(17)11-7-5-4-6-10(11)12/h4-9H,1-3H3,(H,18,19,20). The monoisotopic (exact) mass is 301 g/mol. The average molecular weight is 301 g/mol. The van der Waals surface area contributed by atoms with Gasteiger partial charge in [0.05, 0.1) is 0 Å². The van der Waals surface area contributed by atoms with Gasteiger partial charge in [-0.05, 0) is 38.3 Å². The van der Waals surface area contributed by atoms with Gasteiger partial charge in [0.2, 0.25) is 5.13 Å². The Balaban J connectivity index is 2.07. The Hall–Kier alpha value is -2.01. The highest BCUT2D eigenvalue weighted by Crippen LogP contribution is 2.30. The molecule has 108 valence electrons. The zero-order valence-corrected chi connectivity index (χ0v) is 13.0. The number of rotatable bonds is 2. The second-order valence-corrected chi connectivity index (χ2v) is 6.69. The molecular formula is C16H16FN3S. The molecule has 1 heterocycles. The molecule has 0 unspecified atom stereocenters. The first kappa shape index (κ1) is 13.9. The van der Waals surface area contributed by atoms with Crippen molar-refractivity contribution in [1.29, 1.82) is 0 Å². The van der Waals surface area contributed by atoms with Crippen molar-refractivity contribution in [2.75, 3.05) is 5.32 Å². The zero-order valence-electron chi connectivity index (χ0n) is 12.1. The molecule has 3 aromatic rings. The highest BCUT2D eigenvalue weighted by Gasteiger charge is 2.15. The third-order valence-corrected chi connectivity index (χ3v) is 3.65. The summed E-state index contributed by atoms with van der Waals surface area (Å²) in [5.41, 5.74) is 0.784. The topological polar surface area (TPSA) is 37.8 Å². The predicted octanol–water partition coefficient (Wildman–Crippen LogP) is 4.71. The molecule has 3 nitrogen and oxygen atoms in total. The fourth-order valence-electron chi connectivity index (χ4n) is 2.16. The van der Waals surface area contributed by atoms with Crippen molar-refractivity contribution in [3.63, 3.8) is 0 Å². The van der Waals surface area contributed by atoms with Gasteiger partial charge in [0, 0.05) is 28.0 Å². The molecule has 21 heavy (non-hydrogen) atoms. The highest BCUT2D eigenvalue weighted by molar-refractivity contribution is 7.09. The van der Waals surface area contributed by atoms with Crippen LogP contribution in [-0.4, -0.2) is 14.9 Å². The van der Waals surface area contributed by atoms with Gasteiger partial charge in [-0.3, -0.25) is 0 Å². The van der Waals surface area contributed by atoms with E-state index in [9.17, 15) is 4.39 Å². The van der Waals surface area contributed by atoms with E-state index in [1.807, 2.05) is 18.2 Å². The van der Waals surface area contributed by atoms with E-state index in [0.29, 0.717) is 11.2 Å². The summed E-state index contributed by atoms with van der Waals surface area (Å²) in [5.74, 6) is 0.403. The number of halogens is 1. The second-order valence-electron chi connectivity index (χ2n) is 5.94. The van der Waals surface area contributed by atoms with E-state index in [1.165, 1.54) is 17.6 Å². The Morgan fingerprint density at radius 1 is 1.05 bits per heavy atom. The maximum absolute atomic E-state index is 13.9. The summed E-state index contributed by atoms with van der Waals surface area (Å²) < 4.78 is 18.3. The van der Waals surface area contributed by atoms with Gasteiger partial charge in [0.15, 0.2) is 5.82 Å². The molecule has 0 amide bonds. The van der Waals surface area contributed by atoms with Crippen molar-refractivity contribution < 1.29 is 4.39 Å². The Bertz CT molecular complexity index is 790. The summed E-state index contributed by atoms with van der Waals surface area (Å²) in [6.45, 7) is 6.21. The van der Waals surface area contributed by atoms with Crippen LogP contribution in [0.5, 0.6) is 0 Å². The van der Waals surface area contributed by atoms with Gasteiger partial charge in [-0.25, -0.2) is 4.39 Å². The van der Waals surface area contributed by atoms with Gasteiger partial charge < -0.3 is 5.32 Å². The molecule has 0 saturated carbocycles. The van der Waals surface area contributed by atoms with E-state index >= 15 is 0 Å². The molecule has 1 aromatic heterocycles. The van der Waals surface area contributed by atoms with Crippen LogP contribution in [0.4, 0.5) is 9.52 Å². The molecule has 0 atom stereocenters. The zero-order chi connectivity index (χ0) is 15.0. The second kappa shape index (κ2) is 5.07. The van der Waals surface area contributed by atoms with Crippen molar-refractivity contribution >= 4 is 27.4 Å². The smallest absolute Gasteiger partial charge is 0.203 e. The lowest BCUT2D eigenvalue weighted by molar-refractivity contribution is 0.633. The van der Waals surface area contributed by atoms with Crippen LogP contribution < -0.4 is 5.32 Å². The lowest BCUT2D eigenvalue weighted by Crippen LogP contribution is -2.25. The van der Waals surface area contributed by atoms with Crippen LogP contribution in [0.25, 0.3) is 22.2 Å². The number of hydrogen-bond acceptors (Lipinski definition) is 4. The van der Waals surface area contributed by atoms with Crippen molar-refractivity contribution in [3.8, 4) is 11.4 Å². The Kier molecular flexibility index (Phi) is 3.37. The van der Waals surface area contributed by atoms with Crippen molar-refractivity contribution in [2.24, 2.45) is 0 Å². The maximum Gasteiger partial charge on any atom is 0.203 e. The lowest BCUT2D eigenvalue weighted by atomic mass is 10.0. The average Bonchev–Trinajstić information content (AvgIpc) is 2.85. The van der Waals surface area contributed by atoms with Crippen molar-refractivity contribution in [1.82, 2.24) is 9.36 Å². The van der Waals surface area contributed by atoms with Crippen LogP contribution in [0.2, 0.25) is 0 Å². The highest BCUT2D eigenvalue weighted by atomic mass is 32.1. The molecule has 0 aliphatic rings. The quantitative estimate of drug-likeness (QED) is 0.745. The number of aromatic nitrogens is 2. The van der Waals surface area contributed by atoms with Crippen molar-refractivity contribution in [2.45, 2.75) is 26.3 Å². The minimum atomic E-state index is -0.224. The number of hydrogen-bond donors (Lipinski definition) is 1. The molecule has 0 aliphatic heterocycles. The summed E-state index contributed by atoms with van der Waals surface area (Å²) in [6, 6.07) is 10.6. The third kappa shape index (κ3) is 2.88. The van der Waals surface area contributed by atoms with E-state index in [-0.39, 0.29) is 11.4 Å². The molecule has 0 saturated heterocycles. The normalized spacial score (nSPS) is 11.8. The molecule has 0 aliphatic carbocycles. The lowest BCUT2D eigenvalue weighted by Gasteiger charge is -2.18. The molecule has 1 N–H and O–H groups in total. The van der Waals surface area contributed by atoms with Crippen molar-refractivity contribution in [3.05, 3.63) is 42.2 Å². The molecule has 0 bridgehead atoms. The minimum absolute atomic E-state index is 0.0678. The Morgan fingerprint density at radius 3 is 2.48 bits per heavy atom. The Morgan fingerprint density at radius 2 is 1.76 bits per heavy atom. The largest absolute Gasteiger partial charge is 0.356 e. The number of nitrogens with zero attached hydrogens (tertiary/aromatic N) is 2. The summed E-state index contributed by atoms with van der Waals surface area (Å²) in [7, 11) is 0. The fourth-order valence-corrected chi connectivity index (χ4v) is 2.95. The number of anilines is 1. The third-order valence-electron chi connectivity index (χ3n) is 3.02. The van der Waals surface area contributed by atoms with Gasteiger partial charge in [-0.1, -0.05) is 24.3 Å². The van der Waals surface area contributed by atoms with Crippen LogP contribution >= 0.6 is 11.5 Å².